The van der Waals surface area contributed by atoms with Crippen LogP contribution < -0.4 is 5.32 Å². The maximum absolute atomic E-state index is 12.8. The summed E-state index contributed by atoms with van der Waals surface area (Å²) in [6.07, 6.45) is -0.436. The molecule has 0 fully saturated rings. The second-order valence-electron chi connectivity index (χ2n) is 5.90. The summed E-state index contributed by atoms with van der Waals surface area (Å²) in [5.74, 6) is -2.26. The average molecular weight is 388 g/mol. The van der Waals surface area contributed by atoms with E-state index >= 15 is 0 Å². The number of aryl methyl sites for hydroxylation is 1. The van der Waals surface area contributed by atoms with Crippen LogP contribution in [0.2, 0.25) is 0 Å². The third-order valence-electron chi connectivity index (χ3n) is 3.78. The Bertz CT molecular complexity index is 911. The molecule has 1 N–H and O–H groups in total. The number of anilines is 1. The van der Waals surface area contributed by atoms with E-state index in [0.29, 0.717) is 11.3 Å². The van der Waals surface area contributed by atoms with E-state index in [-0.39, 0.29) is 24.1 Å². The minimum absolute atomic E-state index is 0.0548. The van der Waals surface area contributed by atoms with Gasteiger partial charge in [0.2, 0.25) is 11.7 Å². The van der Waals surface area contributed by atoms with Gasteiger partial charge in [0.25, 0.3) is 5.69 Å². The number of rotatable bonds is 8. The molecule has 0 unspecified atom stereocenters. The molecule has 0 saturated carbocycles. The second-order valence-corrected chi connectivity index (χ2v) is 5.90. The highest BCUT2D eigenvalue weighted by Crippen LogP contribution is 2.19. The van der Waals surface area contributed by atoms with Crippen LogP contribution in [0, 0.1) is 22.9 Å². The molecule has 0 aromatic heterocycles. The summed E-state index contributed by atoms with van der Waals surface area (Å²) < 4.78 is 17.6. The second kappa shape index (κ2) is 9.36. The Morgan fingerprint density at radius 1 is 1.11 bits per heavy atom. The standard InChI is InChI=1S/C19H17FN2O6/c1-12-2-3-13(10-16(12)22(26)27)17(23)11-28-19(25)9-8-18(24)21-15-6-4-14(20)5-7-15/h2-7,10H,8-9,11H2,1H3,(H,21,24). The number of carbonyl (C=O) groups is 3. The maximum Gasteiger partial charge on any atom is 0.306 e. The number of nitrogens with one attached hydrogen (secondary N) is 1. The number of nitrogens with zero attached hydrogens (tertiary/aromatic N) is 1. The summed E-state index contributed by atoms with van der Waals surface area (Å²) in [5, 5.41) is 13.4. The topological polar surface area (TPSA) is 116 Å². The molecule has 0 bridgehead atoms. The Morgan fingerprint density at radius 2 is 1.79 bits per heavy atom. The Morgan fingerprint density at radius 3 is 2.43 bits per heavy atom. The fraction of sp³-hybridized carbons (Fsp3) is 0.211. The van der Waals surface area contributed by atoms with Crippen molar-refractivity contribution in [2.75, 3.05) is 11.9 Å². The molecule has 2 aromatic rings. The zero-order valence-corrected chi connectivity index (χ0v) is 14.9. The molecule has 0 atom stereocenters. The Kier molecular flexibility index (Phi) is 6.91. The summed E-state index contributed by atoms with van der Waals surface area (Å²) in [4.78, 5) is 45.8. The summed E-state index contributed by atoms with van der Waals surface area (Å²) in [5.41, 5.74) is 0.649. The van der Waals surface area contributed by atoms with E-state index in [1.807, 2.05) is 0 Å². The van der Waals surface area contributed by atoms with Crippen molar-refractivity contribution in [2.45, 2.75) is 19.8 Å². The van der Waals surface area contributed by atoms with Crippen molar-refractivity contribution in [3.63, 3.8) is 0 Å². The van der Waals surface area contributed by atoms with Crippen LogP contribution in [-0.2, 0) is 14.3 Å². The molecule has 0 radical (unpaired) electrons. The first-order valence-electron chi connectivity index (χ1n) is 8.25. The van der Waals surface area contributed by atoms with Crippen LogP contribution in [-0.4, -0.2) is 29.2 Å². The molecule has 146 valence electrons. The quantitative estimate of drug-likeness (QED) is 0.321. The van der Waals surface area contributed by atoms with E-state index in [9.17, 15) is 28.9 Å². The first kappa shape index (κ1) is 20.7. The first-order valence-corrected chi connectivity index (χ1v) is 8.25. The number of halogens is 1. The number of nitro benzene ring substituents is 1. The molecule has 0 aliphatic heterocycles. The lowest BCUT2D eigenvalue weighted by molar-refractivity contribution is -0.385. The molecule has 2 aromatic carbocycles. The van der Waals surface area contributed by atoms with E-state index in [4.69, 9.17) is 4.74 Å². The van der Waals surface area contributed by atoms with Gasteiger partial charge >= 0.3 is 5.97 Å². The highest BCUT2D eigenvalue weighted by molar-refractivity contribution is 5.99. The van der Waals surface area contributed by atoms with Gasteiger partial charge < -0.3 is 10.1 Å². The lowest BCUT2D eigenvalue weighted by Crippen LogP contribution is -2.17. The number of Topliss-reactive ketones (excluding diaryl/α,β-unsaturated/α-hetero) is 1. The fourth-order valence-corrected chi connectivity index (χ4v) is 2.25. The van der Waals surface area contributed by atoms with Gasteiger partial charge in [0.1, 0.15) is 5.82 Å². The van der Waals surface area contributed by atoms with Crippen molar-refractivity contribution in [3.05, 3.63) is 69.5 Å². The van der Waals surface area contributed by atoms with Gasteiger partial charge in [-0.05, 0) is 31.2 Å². The minimum Gasteiger partial charge on any atom is -0.457 e. The van der Waals surface area contributed by atoms with Crippen molar-refractivity contribution in [1.29, 1.82) is 0 Å². The summed E-state index contributed by atoms with van der Waals surface area (Å²) in [6.45, 7) is 0.960. The van der Waals surface area contributed by atoms with E-state index in [1.54, 1.807) is 6.92 Å². The van der Waals surface area contributed by atoms with E-state index in [2.05, 4.69) is 5.32 Å². The highest BCUT2D eigenvalue weighted by Gasteiger charge is 2.16. The van der Waals surface area contributed by atoms with Gasteiger partial charge in [0.15, 0.2) is 6.61 Å². The molecule has 2 rings (SSSR count). The lowest BCUT2D eigenvalue weighted by atomic mass is 10.1. The molecule has 8 nitrogen and oxygen atoms in total. The molecule has 0 spiro atoms. The molecular weight excluding hydrogens is 371 g/mol. The normalized spacial score (nSPS) is 10.2. The van der Waals surface area contributed by atoms with Crippen molar-refractivity contribution in [2.24, 2.45) is 0 Å². The SMILES string of the molecule is Cc1ccc(C(=O)COC(=O)CCC(=O)Nc2ccc(F)cc2)cc1[N+](=O)[O-]. The molecule has 0 saturated heterocycles. The first-order chi connectivity index (χ1) is 13.3. The Hall–Kier alpha value is -3.62. The molecule has 28 heavy (non-hydrogen) atoms. The Labute approximate surface area is 159 Å². The van der Waals surface area contributed by atoms with Gasteiger partial charge in [0, 0.05) is 29.3 Å². The molecule has 0 aliphatic carbocycles. The number of ketones is 1. The number of ether oxygens (including phenoxy) is 1. The van der Waals surface area contributed by atoms with Gasteiger partial charge in [-0.3, -0.25) is 24.5 Å². The number of hydrogen-bond donors (Lipinski definition) is 1. The maximum atomic E-state index is 12.8. The predicted octanol–water partition coefficient (Wildman–Crippen LogP) is 3.19. The predicted molar refractivity (Wildman–Crippen MR) is 97.4 cm³/mol. The zero-order chi connectivity index (χ0) is 20.7. The molecule has 0 heterocycles. The smallest absolute Gasteiger partial charge is 0.306 e. The van der Waals surface area contributed by atoms with Crippen LogP contribution in [0.5, 0.6) is 0 Å². The number of carbonyl (C=O) groups excluding carboxylic acids is 3. The van der Waals surface area contributed by atoms with E-state index < -0.39 is 35.0 Å². The highest BCUT2D eigenvalue weighted by atomic mass is 19.1. The molecule has 0 aliphatic rings. The van der Waals surface area contributed by atoms with Gasteiger partial charge in [-0.15, -0.1) is 0 Å². The number of amides is 1. The number of benzene rings is 2. The van der Waals surface area contributed by atoms with Crippen molar-refractivity contribution >= 4 is 29.0 Å². The summed E-state index contributed by atoms with van der Waals surface area (Å²) >= 11 is 0. The third-order valence-corrected chi connectivity index (χ3v) is 3.78. The Balaban J connectivity index is 1.79. The number of nitro groups is 1. The van der Waals surface area contributed by atoms with Gasteiger partial charge in [-0.25, -0.2) is 4.39 Å². The summed E-state index contributed by atoms with van der Waals surface area (Å²) in [6, 6.07) is 9.11. The average Bonchev–Trinajstić information content (AvgIpc) is 2.66. The molecule has 9 heteroatoms. The molecule has 1 amide bonds. The van der Waals surface area contributed by atoms with Gasteiger partial charge in [0.05, 0.1) is 11.3 Å². The fourth-order valence-electron chi connectivity index (χ4n) is 2.25. The third kappa shape index (κ3) is 5.97. The minimum atomic E-state index is -0.760. The van der Waals surface area contributed by atoms with Crippen LogP contribution in [0.1, 0.15) is 28.8 Å². The summed E-state index contributed by atoms with van der Waals surface area (Å²) in [7, 11) is 0. The van der Waals surface area contributed by atoms with Crippen LogP contribution in [0.15, 0.2) is 42.5 Å². The van der Waals surface area contributed by atoms with Crippen LogP contribution in [0.4, 0.5) is 15.8 Å². The van der Waals surface area contributed by atoms with Crippen LogP contribution >= 0.6 is 0 Å². The van der Waals surface area contributed by atoms with Crippen LogP contribution in [0.3, 0.4) is 0 Å². The van der Waals surface area contributed by atoms with Crippen LogP contribution in [0.25, 0.3) is 0 Å². The largest absolute Gasteiger partial charge is 0.457 e. The van der Waals surface area contributed by atoms with E-state index in [0.717, 1.165) is 6.07 Å². The lowest BCUT2D eigenvalue weighted by Gasteiger charge is -2.06. The number of esters is 1. The van der Waals surface area contributed by atoms with Crippen molar-refractivity contribution in [3.8, 4) is 0 Å². The van der Waals surface area contributed by atoms with Crippen molar-refractivity contribution < 1.29 is 28.4 Å². The zero-order valence-electron chi connectivity index (χ0n) is 14.9. The number of hydrogen-bond acceptors (Lipinski definition) is 6. The van der Waals surface area contributed by atoms with Gasteiger partial charge in [-0.2, -0.15) is 0 Å². The van der Waals surface area contributed by atoms with Crippen molar-refractivity contribution in [1.82, 2.24) is 0 Å². The molecular formula is C19H17FN2O6. The van der Waals surface area contributed by atoms with Gasteiger partial charge in [-0.1, -0.05) is 12.1 Å². The monoisotopic (exact) mass is 388 g/mol. The van der Waals surface area contributed by atoms with E-state index in [1.165, 1.54) is 36.4 Å².